The molecule has 2 aliphatic rings. The van der Waals surface area contributed by atoms with E-state index in [0.717, 1.165) is 0 Å². The Kier molecular flexibility index (Phi) is 3.59. The van der Waals surface area contributed by atoms with Crippen molar-refractivity contribution in [3.63, 3.8) is 0 Å². The van der Waals surface area contributed by atoms with Crippen molar-refractivity contribution >= 4 is 11.4 Å². The first-order valence-corrected chi connectivity index (χ1v) is 7.03. The van der Waals surface area contributed by atoms with E-state index in [4.69, 9.17) is 14.2 Å². The summed E-state index contributed by atoms with van der Waals surface area (Å²) in [5.41, 5.74) is 0.604. The maximum absolute atomic E-state index is 11.4. The van der Waals surface area contributed by atoms with Crippen LogP contribution in [0, 0.1) is 10.1 Å². The lowest BCUT2D eigenvalue weighted by Gasteiger charge is -2.36. The molecule has 21 heavy (non-hydrogen) atoms. The third kappa shape index (κ3) is 2.73. The zero-order valence-electron chi connectivity index (χ0n) is 12.1. The lowest BCUT2D eigenvalue weighted by atomic mass is 10.1. The van der Waals surface area contributed by atoms with Gasteiger partial charge in [0, 0.05) is 19.2 Å². The summed E-state index contributed by atoms with van der Waals surface area (Å²) in [7, 11) is 0. The number of nitrogens with zero attached hydrogens (tertiary/aromatic N) is 2. The van der Waals surface area contributed by atoms with Gasteiger partial charge in [0.05, 0.1) is 23.2 Å². The Balaban J connectivity index is 2.01. The van der Waals surface area contributed by atoms with Gasteiger partial charge in [-0.05, 0) is 13.8 Å². The number of ether oxygens (including phenoxy) is 3. The van der Waals surface area contributed by atoms with Crippen LogP contribution in [-0.2, 0) is 4.74 Å². The monoisotopic (exact) mass is 294 g/mol. The SMILES string of the molecule is C[C@H]1CN(c2cc3c(cc2[N+](=O)[O-])OCCO3)C[C@H](C)O1. The highest BCUT2D eigenvalue weighted by Crippen LogP contribution is 2.41. The highest BCUT2D eigenvalue weighted by Gasteiger charge is 2.30. The first-order valence-electron chi connectivity index (χ1n) is 7.03. The molecule has 7 heteroatoms. The van der Waals surface area contributed by atoms with Crippen molar-refractivity contribution in [1.29, 1.82) is 0 Å². The van der Waals surface area contributed by atoms with Gasteiger partial charge in [0.15, 0.2) is 11.5 Å². The lowest BCUT2D eigenvalue weighted by Crippen LogP contribution is -2.45. The largest absolute Gasteiger partial charge is 0.486 e. The number of nitro benzene ring substituents is 1. The molecule has 1 fully saturated rings. The molecular weight excluding hydrogens is 276 g/mol. The average Bonchev–Trinajstić information content (AvgIpc) is 2.44. The van der Waals surface area contributed by atoms with Gasteiger partial charge in [0.2, 0.25) is 0 Å². The third-order valence-electron chi connectivity index (χ3n) is 3.60. The Hall–Kier alpha value is -2.02. The number of benzene rings is 1. The second-order valence-electron chi connectivity index (χ2n) is 5.40. The molecule has 0 N–H and O–H groups in total. The van der Waals surface area contributed by atoms with E-state index in [1.165, 1.54) is 6.07 Å². The smallest absolute Gasteiger partial charge is 0.296 e. The van der Waals surface area contributed by atoms with E-state index in [0.29, 0.717) is 43.5 Å². The van der Waals surface area contributed by atoms with E-state index in [9.17, 15) is 10.1 Å². The molecule has 1 aromatic carbocycles. The van der Waals surface area contributed by atoms with Crippen LogP contribution in [0.15, 0.2) is 12.1 Å². The molecule has 3 rings (SSSR count). The number of nitro groups is 1. The summed E-state index contributed by atoms with van der Waals surface area (Å²) in [6.07, 6.45) is 0.0584. The van der Waals surface area contributed by atoms with E-state index >= 15 is 0 Å². The van der Waals surface area contributed by atoms with Crippen LogP contribution in [-0.4, -0.2) is 43.4 Å². The van der Waals surface area contributed by atoms with E-state index < -0.39 is 0 Å². The summed E-state index contributed by atoms with van der Waals surface area (Å²) in [6, 6.07) is 3.16. The van der Waals surface area contributed by atoms with Crippen molar-refractivity contribution in [3.05, 3.63) is 22.2 Å². The number of hydrogen-bond donors (Lipinski definition) is 0. The first-order chi connectivity index (χ1) is 10.0. The van der Waals surface area contributed by atoms with Crippen LogP contribution in [0.3, 0.4) is 0 Å². The molecule has 7 nitrogen and oxygen atoms in total. The molecule has 2 heterocycles. The molecule has 0 bridgehead atoms. The van der Waals surface area contributed by atoms with Gasteiger partial charge in [0.1, 0.15) is 18.9 Å². The van der Waals surface area contributed by atoms with Crippen LogP contribution in [0.4, 0.5) is 11.4 Å². The predicted molar refractivity (Wildman–Crippen MR) is 76.3 cm³/mol. The maximum Gasteiger partial charge on any atom is 0.296 e. The van der Waals surface area contributed by atoms with Crippen molar-refractivity contribution in [2.45, 2.75) is 26.1 Å². The summed E-state index contributed by atoms with van der Waals surface area (Å²) in [4.78, 5) is 13.0. The summed E-state index contributed by atoms with van der Waals surface area (Å²) in [5, 5.41) is 11.4. The fraction of sp³-hybridized carbons (Fsp3) is 0.571. The molecule has 114 valence electrons. The molecule has 1 saturated heterocycles. The number of hydrogen-bond acceptors (Lipinski definition) is 6. The average molecular weight is 294 g/mol. The number of anilines is 1. The van der Waals surface area contributed by atoms with Crippen LogP contribution in [0.25, 0.3) is 0 Å². The standard InChI is InChI=1S/C14H18N2O5/c1-9-7-15(8-10(2)21-9)11-5-13-14(20-4-3-19-13)6-12(11)16(17)18/h5-6,9-10H,3-4,7-8H2,1-2H3/t9-,10-/m0/s1. The van der Waals surface area contributed by atoms with Crippen molar-refractivity contribution in [1.82, 2.24) is 0 Å². The third-order valence-corrected chi connectivity index (χ3v) is 3.60. The van der Waals surface area contributed by atoms with Crippen molar-refractivity contribution in [3.8, 4) is 11.5 Å². The van der Waals surface area contributed by atoms with Crippen molar-refractivity contribution < 1.29 is 19.1 Å². The van der Waals surface area contributed by atoms with Gasteiger partial charge in [-0.25, -0.2) is 0 Å². The van der Waals surface area contributed by atoms with E-state index in [1.807, 2.05) is 18.7 Å². The second kappa shape index (κ2) is 5.40. The molecule has 0 saturated carbocycles. The predicted octanol–water partition coefficient (Wildman–Crippen LogP) is 1.98. The molecule has 0 aromatic heterocycles. The lowest BCUT2D eigenvalue weighted by molar-refractivity contribution is -0.384. The molecule has 0 unspecified atom stereocenters. The zero-order valence-corrected chi connectivity index (χ0v) is 12.1. The van der Waals surface area contributed by atoms with Gasteiger partial charge >= 0.3 is 0 Å². The molecule has 2 atom stereocenters. The molecule has 0 amide bonds. The molecule has 0 radical (unpaired) electrons. The Morgan fingerprint density at radius 1 is 1.14 bits per heavy atom. The summed E-state index contributed by atoms with van der Waals surface area (Å²) < 4.78 is 16.6. The van der Waals surface area contributed by atoms with Crippen LogP contribution in [0.2, 0.25) is 0 Å². The van der Waals surface area contributed by atoms with Crippen LogP contribution < -0.4 is 14.4 Å². The van der Waals surface area contributed by atoms with Gasteiger partial charge in [-0.1, -0.05) is 0 Å². The number of morpholine rings is 1. The highest BCUT2D eigenvalue weighted by atomic mass is 16.6. The van der Waals surface area contributed by atoms with Gasteiger partial charge in [-0.3, -0.25) is 10.1 Å². The normalized spacial score (nSPS) is 24.8. The maximum atomic E-state index is 11.4. The van der Waals surface area contributed by atoms with Gasteiger partial charge < -0.3 is 19.1 Å². The molecular formula is C14H18N2O5. The molecule has 0 spiro atoms. The number of fused-ring (bicyclic) bond motifs is 1. The highest BCUT2D eigenvalue weighted by molar-refractivity contribution is 5.70. The fourth-order valence-electron chi connectivity index (χ4n) is 2.84. The molecule has 0 aliphatic carbocycles. The van der Waals surface area contributed by atoms with Crippen LogP contribution in [0.1, 0.15) is 13.8 Å². The summed E-state index contributed by atoms with van der Waals surface area (Å²) in [6.45, 7) is 6.03. The van der Waals surface area contributed by atoms with E-state index in [2.05, 4.69) is 0 Å². The Labute approximate surface area is 122 Å². The number of rotatable bonds is 2. The van der Waals surface area contributed by atoms with Crippen molar-refractivity contribution in [2.75, 3.05) is 31.2 Å². The topological polar surface area (TPSA) is 74.1 Å². The second-order valence-corrected chi connectivity index (χ2v) is 5.40. The van der Waals surface area contributed by atoms with E-state index in [1.54, 1.807) is 6.07 Å². The Bertz CT molecular complexity index is 553. The van der Waals surface area contributed by atoms with Crippen LogP contribution in [0.5, 0.6) is 11.5 Å². The first kappa shape index (κ1) is 13.9. The molecule has 2 aliphatic heterocycles. The minimum atomic E-state index is -0.377. The quantitative estimate of drug-likeness (QED) is 0.613. The summed E-state index contributed by atoms with van der Waals surface area (Å²) >= 11 is 0. The van der Waals surface area contributed by atoms with Gasteiger partial charge in [-0.2, -0.15) is 0 Å². The fourth-order valence-corrected chi connectivity index (χ4v) is 2.84. The minimum Gasteiger partial charge on any atom is -0.486 e. The Morgan fingerprint density at radius 2 is 1.71 bits per heavy atom. The van der Waals surface area contributed by atoms with Gasteiger partial charge in [-0.15, -0.1) is 0 Å². The van der Waals surface area contributed by atoms with Gasteiger partial charge in [0.25, 0.3) is 5.69 Å². The Morgan fingerprint density at radius 3 is 2.29 bits per heavy atom. The summed E-state index contributed by atoms with van der Waals surface area (Å²) in [5.74, 6) is 1.000. The van der Waals surface area contributed by atoms with E-state index in [-0.39, 0.29) is 22.8 Å². The molecule has 1 aromatic rings. The zero-order chi connectivity index (χ0) is 15.0. The minimum absolute atomic E-state index is 0.0292. The van der Waals surface area contributed by atoms with Crippen LogP contribution >= 0.6 is 0 Å². The van der Waals surface area contributed by atoms with Crippen molar-refractivity contribution in [2.24, 2.45) is 0 Å².